The lowest BCUT2D eigenvalue weighted by Crippen LogP contribution is -2.02. The summed E-state index contributed by atoms with van der Waals surface area (Å²) in [6.07, 6.45) is 0. The molecule has 0 heterocycles. The summed E-state index contributed by atoms with van der Waals surface area (Å²) in [6, 6.07) is 8.29. The first-order chi connectivity index (χ1) is 8.56. The Labute approximate surface area is 113 Å². The molecule has 0 saturated carbocycles. The van der Waals surface area contributed by atoms with E-state index < -0.39 is 11.6 Å². The summed E-state index contributed by atoms with van der Waals surface area (Å²) >= 11 is 11.6. The Morgan fingerprint density at radius 2 is 1.78 bits per heavy atom. The van der Waals surface area contributed by atoms with Crippen molar-refractivity contribution in [2.24, 2.45) is 0 Å². The lowest BCUT2D eigenvalue weighted by Gasteiger charge is -2.09. The van der Waals surface area contributed by atoms with Gasteiger partial charge in [0, 0.05) is 16.6 Å². The van der Waals surface area contributed by atoms with E-state index >= 15 is 0 Å². The molecular formula is C13H9Cl2F2N. The van der Waals surface area contributed by atoms with E-state index in [2.05, 4.69) is 5.32 Å². The van der Waals surface area contributed by atoms with Gasteiger partial charge in [0.2, 0.25) is 0 Å². The fraction of sp³-hybridized carbons (Fsp3) is 0.0769. The van der Waals surface area contributed by atoms with Crippen molar-refractivity contribution in [1.29, 1.82) is 0 Å². The van der Waals surface area contributed by atoms with Crippen LogP contribution in [0.15, 0.2) is 36.4 Å². The zero-order chi connectivity index (χ0) is 13.1. The first-order valence-corrected chi connectivity index (χ1v) is 5.95. The highest BCUT2D eigenvalue weighted by Gasteiger charge is 2.05. The van der Waals surface area contributed by atoms with Crippen LogP contribution in [0.3, 0.4) is 0 Å². The molecule has 0 unspecified atom stereocenters. The Morgan fingerprint density at radius 1 is 1.00 bits per heavy atom. The fourth-order valence-corrected chi connectivity index (χ4v) is 1.89. The monoisotopic (exact) mass is 287 g/mol. The highest BCUT2D eigenvalue weighted by molar-refractivity contribution is 6.31. The van der Waals surface area contributed by atoms with Gasteiger partial charge < -0.3 is 5.32 Å². The van der Waals surface area contributed by atoms with Gasteiger partial charge in [0.25, 0.3) is 0 Å². The maximum absolute atomic E-state index is 13.4. The third-order valence-electron chi connectivity index (χ3n) is 2.41. The minimum absolute atomic E-state index is 0.280. The average Bonchev–Trinajstić information content (AvgIpc) is 2.32. The van der Waals surface area contributed by atoms with E-state index in [0.29, 0.717) is 15.6 Å². The molecule has 0 spiro atoms. The molecule has 0 fully saturated rings. The molecule has 2 aromatic rings. The second-order valence-corrected chi connectivity index (χ2v) is 4.56. The topological polar surface area (TPSA) is 12.0 Å². The van der Waals surface area contributed by atoms with Gasteiger partial charge in [-0.2, -0.15) is 0 Å². The molecule has 5 heteroatoms. The number of nitrogens with one attached hydrogen (secondary N) is 1. The number of anilines is 1. The molecule has 94 valence electrons. The number of hydrogen-bond donors (Lipinski definition) is 1. The van der Waals surface area contributed by atoms with Crippen molar-refractivity contribution in [2.45, 2.75) is 6.54 Å². The van der Waals surface area contributed by atoms with Crippen LogP contribution in [-0.4, -0.2) is 0 Å². The van der Waals surface area contributed by atoms with Crippen LogP contribution in [0.2, 0.25) is 10.0 Å². The van der Waals surface area contributed by atoms with Gasteiger partial charge in [-0.1, -0.05) is 29.3 Å². The van der Waals surface area contributed by atoms with E-state index in [9.17, 15) is 8.78 Å². The van der Waals surface area contributed by atoms with E-state index in [4.69, 9.17) is 23.2 Å². The molecule has 0 atom stereocenters. The van der Waals surface area contributed by atoms with Crippen LogP contribution < -0.4 is 5.32 Å². The Kier molecular flexibility index (Phi) is 4.04. The highest BCUT2D eigenvalue weighted by atomic mass is 35.5. The molecule has 0 saturated heterocycles. The van der Waals surface area contributed by atoms with Crippen LogP contribution in [0.4, 0.5) is 14.5 Å². The molecule has 0 radical (unpaired) electrons. The Morgan fingerprint density at radius 3 is 2.50 bits per heavy atom. The van der Waals surface area contributed by atoms with Crippen LogP contribution in [0.25, 0.3) is 0 Å². The SMILES string of the molecule is Fc1ccc(CNc2cc(Cl)ccc2F)c(Cl)c1. The molecule has 18 heavy (non-hydrogen) atoms. The van der Waals surface area contributed by atoms with E-state index in [-0.39, 0.29) is 12.2 Å². The quantitative estimate of drug-likeness (QED) is 0.848. The van der Waals surface area contributed by atoms with Crippen molar-refractivity contribution in [3.63, 3.8) is 0 Å². The van der Waals surface area contributed by atoms with Gasteiger partial charge in [-0.05, 0) is 35.9 Å². The van der Waals surface area contributed by atoms with Gasteiger partial charge in [0.05, 0.1) is 5.69 Å². The normalized spacial score (nSPS) is 10.4. The predicted octanol–water partition coefficient (Wildman–Crippen LogP) is 4.88. The van der Waals surface area contributed by atoms with Crippen LogP contribution in [0, 0.1) is 11.6 Å². The molecule has 1 nitrogen and oxygen atoms in total. The maximum atomic E-state index is 13.4. The van der Waals surface area contributed by atoms with Gasteiger partial charge in [-0.25, -0.2) is 8.78 Å². The summed E-state index contributed by atoms with van der Waals surface area (Å²) in [5, 5.41) is 3.59. The van der Waals surface area contributed by atoms with Crippen molar-refractivity contribution >= 4 is 28.9 Å². The van der Waals surface area contributed by atoms with Crippen molar-refractivity contribution in [1.82, 2.24) is 0 Å². The molecule has 2 rings (SSSR count). The van der Waals surface area contributed by atoms with Gasteiger partial charge in [-0.3, -0.25) is 0 Å². The standard InChI is InChI=1S/C13H9Cl2F2N/c14-9-2-4-12(17)13(5-9)18-7-8-1-3-10(16)6-11(8)15/h1-6,18H,7H2. The van der Waals surface area contributed by atoms with Crippen LogP contribution >= 0.6 is 23.2 Å². The smallest absolute Gasteiger partial charge is 0.146 e. The molecule has 0 aliphatic carbocycles. The van der Waals surface area contributed by atoms with Crippen molar-refractivity contribution < 1.29 is 8.78 Å². The summed E-state index contributed by atoms with van der Waals surface area (Å²) in [6.45, 7) is 0.288. The molecule has 0 aromatic heterocycles. The van der Waals surface area contributed by atoms with E-state index in [1.54, 1.807) is 6.07 Å². The minimum atomic E-state index is -0.405. The van der Waals surface area contributed by atoms with E-state index in [1.165, 1.54) is 30.3 Å². The number of benzene rings is 2. The Hall–Kier alpha value is -1.32. The molecule has 0 amide bonds. The minimum Gasteiger partial charge on any atom is -0.379 e. The van der Waals surface area contributed by atoms with Gasteiger partial charge in [0.15, 0.2) is 0 Å². The number of rotatable bonds is 3. The van der Waals surface area contributed by atoms with Crippen molar-refractivity contribution in [3.8, 4) is 0 Å². The third kappa shape index (κ3) is 3.12. The highest BCUT2D eigenvalue weighted by Crippen LogP contribution is 2.22. The summed E-state index contributed by atoms with van der Waals surface area (Å²) in [4.78, 5) is 0. The zero-order valence-electron chi connectivity index (χ0n) is 9.18. The Balaban J connectivity index is 2.13. The molecule has 0 aliphatic rings. The Bertz CT molecular complexity index is 573. The summed E-state index contributed by atoms with van der Waals surface area (Å²) in [5.41, 5.74) is 0.959. The second-order valence-electron chi connectivity index (χ2n) is 3.71. The van der Waals surface area contributed by atoms with E-state index in [0.717, 1.165) is 0 Å². The first kappa shape index (κ1) is 13.1. The molecule has 1 N–H and O–H groups in total. The predicted molar refractivity (Wildman–Crippen MR) is 70.1 cm³/mol. The van der Waals surface area contributed by atoms with E-state index in [1.807, 2.05) is 0 Å². The number of hydrogen-bond acceptors (Lipinski definition) is 1. The fourth-order valence-electron chi connectivity index (χ4n) is 1.49. The lowest BCUT2D eigenvalue weighted by molar-refractivity contribution is 0.626. The maximum Gasteiger partial charge on any atom is 0.146 e. The molecule has 2 aromatic carbocycles. The van der Waals surface area contributed by atoms with Gasteiger partial charge in [-0.15, -0.1) is 0 Å². The largest absolute Gasteiger partial charge is 0.379 e. The van der Waals surface area contributed by atoms with Crippen molar-refractivity contribution in [2.75, 3.05) is 5.32 Å². The average molecular weight is 288 g/mol. The summed E-state index contributed by atoms with van der Waals surface area (Å²) < 4.78 is 26.3. The molecule has 0 bridgehead atoms. The lowest BCUT2D eigenvalue weighted by atomic mass is 10.2. The van der Waals surface area contributed by atoms with Crippen LogP contribution in [0.1, 0.15) is 5.56 Å². The molecule has 0 aliphatic heterocycles. The van der Waals surface area contributed by atoms with Gasteiger partial charge >= 0.3 is 0 Å². The summed E-state index contributed by atoms with van der Waals surface area (Å²) in [7, 11) is 0. The second kappa shape index (κ2) is 5.55. The van der Waals surface area contributed by atoms with Gasteiger partial charge in [0.1, 0.15) is 11.6 Å². The molecular weight excluding hydrogens is 279 g/mol. The number of halogens is 4. The van der Waals surface area contributed by atoms with Crippen LogP contribution in [0.5, 0.6) is 0 Å². The zero-order valence-corrected chi connectivity index (χ0v) is 10.7. The third-order valence-corrected chi connectivity index (χ3v) is 3.00. The van der Waals surface area contributed by atoms with Crippen molar-refractivity contribution in [3.05, 3.63) is 63.6 Å². The summed E-state index contributed by atoms with van der Waals surface area (Å²) in [5.74, 6) is -0.810. The van der Waals surface area contributed by atoms with Crippen LogP contribution in [-0.2, 0) is 6.54 Å². The first-order valence-electron chi connectivity index (χ1n) is 5.19.